The Morgan fingerprint density at radius 2 is 2.11 bits per heavy atom. The molecule has 0 fully saturated rings. The van der Waals surface area contributed by atoms with Gasteiger partial charge in [0.1, 0.15) is 22.9 Å². The molecule has 0 saturated heterocycles. The number of hydrogen-bond acceptors (Lipinski definition) is 10. The molecule has 1 aliphatic rings. The number of pyridine rings is 1. The summed E-state index contributed by atoms with van der Waals surface area (Å²) in [5.41, 5.74) is 4.77. The first-order valence-corrected chi connectivity index (χ1v) is 12.3. The second-order valence-corrected chi connectivity index (χ2v) is 9.37. The van der Waals surface area contributed by atoms with E-state index in [2.05, 4.69) is 26.3 Å². The molecule has 5 aromatic rings. The highest BCUT2D eigenvalue weighted by atomic mass is 32.1. The molecular formula is C26H21N5O5S. The summed E-state index contributed by atoms with van der Waals surface area (Å²) in [6.45, 7) is 2.28. The Bertz CT molecular complexity index is 1620. The van der Waals surface area contributed by atoms with Crippen molar-refractivity contribution in [3.8, 4) is 28.0 Å². The van der Waals surface area contributed by atoms with Gasteiger partial charge in [0.25, 0.3) is 0 Å². The van der Waals surface area contributed by atoms with Gasteiger partial charge < -0.3 is 18.9 Å². The summed E-state index contributed by atoms with van der Waals surface area (Å²) in [4.78, 5) is 30.0. The van der Waals surface area contributed by atoms with Crippen LogP contribution in [0.3, 0.4) is 0 Å². The lowest BCUT2D eigenvalue weighted by Gasteiger charge is -2.26. The van der Waals surface area contributed by atoms with Gasteiger partial charge in [-0.3, -0.25) is 10.3 Å². The zero-order valence-electron chi connectivity index (χ0n) is 19.9. The fraction of sp³-hybridized carbons (Fsp3) is 0.192. The third kappa shape index (κ3) is 4.56. The first-order chi connectivity index (χ1) is 18.1. The lowest BCUT2D eigenvalue weighted by molar-refractivity contribution is 0.0383. The predicted molar refractivity (Wildman–Crippen MR) is 139 cm³/mol. The molecule has 0 saturated carbocycles. The third-order valence-electron chi connectivity index (χ3n) is 5.70. The van der Waals surface area contributed by atoms with Crippen LogP contribution in [0.4, 0.5) is 10.5 Å². The summed E-state index contributed by atoms with van der Waals surface area (Å²) in [5.74, 6) is 1.66. The van der Waals surface area contributed by atoms with E-state index in [9.17, 15) is 4.79 Å². The van der Waals surface area contributed by atoms with Crippen molar-refractivity contribution in [2.24, 2.45) is 0 Å². The minimum absolute atomic E-state index is 0.0366. The molecule has 2 aromatic carbocycles. The van der Waals surface area contributed by atoms with Gasteiger partial charge >= 0.3 is 6.09 Å². The number of hydrogen-bond donors (Lipinski definition) is 1. The number of aromatic nitrogens is 4. The van der Waals surface area contributed by atoms with E-state index in [4.69, 9.17) is 23.9 Å². The second kappa shape index (κ2) is 9.51. The maximum atomic E-state index is 12.1. The average Bonchev–Trinajstić information content (AvgIpc) is 3.36. The third-order valence-corrected chi connectivity index (χ3v) is 6.80. The van der Waals surface area contributed by atoms with E-state index < -0.39 is 12.2 Å². The van der Waals surface area contributed by atoms with Gasteiger partial charge in [-0.05, 0) is 48.9 Å². The van der Waals surface area contributed by atoms with Crippen LogP contribution in [0.15, 0.2) is 55.0 Å². The minimum Gasteiger partial charge on any atom is -0.484 e. The molecule has 11 heteroatoms. The van der Waals surface area contributed by atoms with Gasteiger partial charge in [0.15, 0.2) is 17.6 Å². The van der Waals surface area contributed by atoms with Gasteiger partial charge in [0.05, 0.1) is 41.7 Å². The normalized spacial score (nSPS) is 14.5. The van der Waals surface area contributed by atoms with Crippen LogP contribution in [-0.2, 0) is 4.74 Å². The van der Waals surface area contributed by atoms with E-state index in [0.29, 0.717) is 23.1 Å². The van der Waals surface area contributed by atoms with E-state index >= 15 is 0 Å². The number of ether oxygens (including phenoxy) is 4. The van der Waals surface area contributed by atoms with E-state index in [0.717, 1.165) is 37.4 Å². The van der Waals surface area contributed by atoms with Crippen LogP contribution in [-0.4, -0.2) is 52.5 Å². The van der Waals surface area contributed by atoms with Gasteiger partial charge in [0, 0.05) is 11.8 Å². The van der Waals surface area contributed by atoms with Crippen LogP contribution in [0.5, 0.6) is 17.4 Å². The number of rotatable bonds is 5. The van der Waals surface area contributed by atoms with Crippen LogP contribution in [0, 0.1) is 6.92 Å². The zero-order valence-corrected chi connectivity index (χ0v) is 20.7. The number of benzene rings is 2. The predicted octanol–water partition coefficient (Wildman–Crippen LogP) is 5.01. The molecule has 6 rings (SSSR count). The number of nitrogens with zero attached hydrogens (tertiary/aromatic N) is 4. The number of thiazole rings is 1. The summed E-state index contributed by atoms with van der Waals surface area (Å²) in [6, 6.07) is 11.2. The molecule has 0 unspecified atom stereocenters. The van der Waals surface area contributed by atoms with Crippen LogP contribution >= 0.6 is 11.3 Å². The summed E-state index contributed by atoms with van der Waals surface area (Å²) >= 11 is 1.50. The highest BCUT2D eigenvalue weighted by Crippen LogP contribution is 2.44. The number of aryl methyl sites for hydroxylation is 1. The molecule has 1 atom stereocenters. The number of amides is 1. The number of methoxy groups -OCH3 is 1. The topological polar surface area (TPSA) is 118 Å². The molecular weight excluding hydrogens is 494 g/mol. The number of carbonyl (C=O) groups is 1. The van der Waals surface area contributed by atoms with E-state index in [-0.39, 0.29) is 13.2 Å². The van der Waals surface area contributed by atoms with Crippen LogP contribution < -0.4 is 19.5 Å². The summed E-state index contributed by atoms with van der Waals surface area (Å²) in [5, 5.41) is 3.43. The van der Waals surface area contributed by atoms with Gasteiger partial charge in [-0.2, -0.15) is 0 Å². The molecule has 1 amide bonds. The molecule has 3 aromatic heterocycles. The number of anilines is 1. The molecule has 186 valence electrons. The lowest BCUT2D eigenvalue weighted by atomic mass is 10.1. The Balaban J connectivity index is 1.23. The van der Waals surface area contributed by atoms with Gasteiger partial charge in [0.2, 0.25) is 5.88 Å². The standard InChI is InChI=1S/C26H21N5O5S/c1-14-8-17(22-19(9-14)30-21(33-2)11-28-22)25-31-18-5-6-20-23(24(18)37-25)34-12-16(36-20)13-35-26(32)29-15-4-3-7-27-10-15/h3-11,16H,12-13H2,1-2H3,(H,29,32)/t16-/m1/s1. The molecule has 1 N–H and O–H groups in total. The van der Waals surface area contributed by atoms with E-state index in [1.165, 1.54) is 17.5 Å². The molecule has 1 aliphatic heterocycles. The summed E-state index contributed by atoms with van der Waals surface area (Å²) in [6.07, 6.45) is 3.74. The number of fused-ring (bicyclic) bond motifs is 4. The number of carbonyl (C=O) groups excluding carboxylic acids is 1. The van der Waals surface area contributed by atoms with Crippen molar-refractivity contribution >= 4 is 44.4 Å². The van der Waals surface area contributed by atoms with Crippen molar-refractivity contribution < 1.29 is 23.7 Å². The van der Waals surface area contributed by atoms with Gasteiger partial charge in [-0.1, -0.05) is 0 Å². The fourth-order valence-corrected chi connectivity index (χ4v) is 5.11. The highest BCUT2D eigenvalue weighted by Gasteiger charge is 2.26. The number of nitrogens with one attached hydrogen (secondary N) is 1. The Morgan fingerprint density at radius 3 is 2.95 bits per heavy atom. The Labute approximate surface area is 215 Å². The first-order valence-electron chi connectivity index (χ1n) is 11.5. The SMILES string of the molecule is COc1cnc2c(-c3nc4ccc5c(c4s3)OC[C@H](COC(=O)Nc3cccnc3)O5)cc(C)cc2n1. The zero-order chi connectivity index (χ0) is 25.4. The van der Waals surface area contributed by atoms with Crippen molar-refractivity contribution in [3.63, 3.8) is 0 Å². The van der Waals surface area contributed by atoms with Gasteiger partial charge in [-0.25, -0.2) is 19.7 Å². The van der Waals surface area contributed by atoms with E-state index in [1.807, 2.05) is 25.1 Å². The Kier molecular flexibility index (Phi) is 5.89. The maximum Gasteiger partial charge on any atom is 0.411 e. The monoisotopic (exact) mass is 515 g/mol. The molecule has 0 radical (unpaired) electrons. The summed E-state index contributed by atoms with van der Waals surface area (Å²) in [7, 11) is 1.57. The molecule has 0 spiro atoms. The smallest absolute Gasteiger partial charge is 0.411 e. The van der Waals surface area contributed by atoms with Crippen molar-refractivity contribution in [2.75, 3.05) is 25.6 Å². The van der Waals surface area contributed by atoms with Crippen molar-refractivity contribution in [2.45, 2.75) is 13.0 Å². The van der Waals surface area contributed by atoms with Gasteiger partial charge in [-0.15, -0.1) is 11.3 Å². The molecule has 0 bridgehead atoms. The minimum atomic E-state index is -0.587. The van der Waals surface area contributed by atoms with Crippen molar-refractivity contribution in [3.05, 3.63) is 60.6 Å². The Morgan fingerprint density at radius 1 is 1.19 bits per heavy atom. The summed E-state index contributed by atoms with van der Waals surface area (Å²) < 4.78 is 23.6. The molecule has 37 heavy (non-hydrogen) atoms. The van der Waals surface area contributed by atoms with Crippen molar-refractivity contribution in [1.29, 1.82) is 0 Å². The fourth-order valence-electron chi connectivity index (χ4n) is 4.04. The van der Waals surface area contributed by atoms with Crippen molar-refractivity contribution in [1.82, 2.24) is 19.9 Å². The van der Waals surface area contributed by atoms with E-state index in [1.54, 1.807) is 31.6 Å². The van der Waals surface area contributed by atoms with Crippen LogP contribution in [0.25, 0.3) is 31.8 Å². The second-order valence-electron chi connectivity index (χ2n) is 8.37. The average molecular weight is 516 g/mol. The molecule has 10 nitrogen and oxygen atoms in total. The largest absolute Gasteiger partial charge is 0.484 e. The Hall–Kier alpha value is -4.51. The highest BCUT2D eigenvalue weighted by molar-refractivity contribution is 7.22. The quantitative estimate of drug-likeness (QED) is 0.345. The molecule has 4 heterocycles. The first kappa shape index (κ1) is 22.9. The van der Waals surface area contributed by atoms with Crippen LogP contribution in [0.1, 0.15) is 5.56 Å². The van der Waals surface area contributed by atoms with Crippen LogP contribution in [0.2, 0.25) is 0 Å². The lowest BCUT2D eigenvalue weighted by Crippen LogP contribution is -2.35. The molecule has 0 aliphatic carbocycles. The maximum absolute atomic E-state index is 12.1.